The first-order valence-corrected chi connectivity index (χ1v) is 11.2. The summed E-state index contributed by atoms with van der Waals surface area (Å²) in [5.74, 6) is 0.753. The van der Waals surface area contributed by atoms with Crippen molar-refractivity contribution in [1.29, 1.82) is 0 Å². The SMILES string of the molecule is COc1c(Br)cc(C(=O)N/N=C\c2cc(C)c(OCc3ccc(F)cc3)c(C)c2)cc1Br. The van der Waals surface area contributed by atoms with Crippen LogP contribution < -0.4 is 14.9 Å². The molecular weight excluding hydrogens is 543 g/mol. The third kappa shape index (κ3) is 5.95. The van der Waals surface area contributed by atoms with Crippen LogP contribution in [0.3, 0.4) is 0 Å². The number of ether oxygens (including phenoxy) is 2. The van der Waals surface area contributed by atoms with Crippen LogP contribution >= 0.6 is 31.9 Å². The maximum absolute atomic E-state index is 13.0. The van der Waals surface area contributed by atoms with E-state index in [4.69, 9.17) is 9.47 Å². The van der Waals surface area contributed by atoms with E-state index in [2.05, 4.69) is 42.4 Å². The molecule has 0 aliphatic rings. The Balaban J connectivity index is 1.66. The number of nitrogens with zero attached hydrogens (tertiary/aromatic N) is 1. The number of hydrogen-bond donors (Lipinski definition) is 1. The molecule has 0 saturated heterocycles. The number of carbonyl (C=O) groups excluding carboxylic acids is 1. The van der Waals surface area contributed by atoms with Crippen LogP contribution in [0.2, 0.25) is 0 Å². The average molecular weight is 564 g/mol. The maximum Gasteiger partial charge on any atom is 0.271 e. The molecule has 1 amide bonds. The number of amides is 1. The Bertz CT molecular complexity index is 1120. The molecule has 166 valence electrons. The highest BCUT2D eigenvalue weighted by molar-refractivity contribution is 9.11. The van der Waals surface area contributed by atoms with Crippen LogP contribution in [0.5, 0.6) is 11.5 Å². The summed E-state index contributed by atoms with van der Waals surface area (Å²) in [6, 6.07) is 13.4. The normalized spacial score (nSPS) is 10.9. The number of hydrazone groups is 1. The van der Waals surface area contributed by atoms with Gasteiger partial charge in [-0.05, 0) is 104 Å². The monoisotopic (exact) mass is 562 g/mol. The van der Waals surface area contributed by atoms with Crippen LogP contribution in [-0.2, 0) is 6.61 Å². The van der Waals surface area contributed by atoms with Crippen molar-refractivity contribution in [2.24, 2.45) is 5.10 Å². The molecule has 0 atom stereocenters. The van der Waals surface area contributed by atoms with Gasteiger partial charge >= 0.3 is 0 Å². The molecule has 3 aromatic carbocycles. The van der Waals surface area contributed by atoms with Gasteiger partial charge in [-0.3, -0.25) is 4.79 Å². The lowest BCUT2D eigenvalue weighted by Gasteiger charge is -2.13. The lowest BCUT2D eigenvalue weighted by molar-refractivity contribution is 0.0955. The minimum Gasteiger partial charge on any atom is -0.494 e. The fraction of sp³-hybridized carbons (Fsp3) is 0.167. The topological polar surface area (TPSA) is 59.9 Å². The number of aryl methyl sites for hydroxylation is 2. The maximum atomic E-state index is 13.0. The molecule has 0 fully saturated rings. The Kier molecular flexibility index (Phi) is 8.04. The lowest BCUT2D eigenvalue weighted by Crippen LogP contribution is -2.17. The smallest absolute Gasteiger partial charge is 0.271 e. The summed E-state index contributed by atoms with van der Waals surface area (Å²) in [6.07, 6.45) is 1.58. The molecule has 0 unspecified atom stereocenters. The highest BCUT2D eigenvalue weighted by atomic mass is 79.9. The van der Waals surface area contributed by atoms with E-state index in [0.717, 1.165) is 28.0 Å². The molecule has 0 spiro atoms. The zero-order valence-electron chi connectivity index (χ0n) is 17.7. The molecular formula is C24H21Br2FN2O3. The summed E-state index contributed by atoms with van der Waals surface area (Å²) in [7, 11) is 1.55. The Morgan fingerprint density at radius 1 is 1.03 bits per heavy atom. The van der Waals surface area contributed by atoms with Crippen LogP contribution in [0.4, 0.5) is 4.39 Å². The van der Waals surface area contributed by atoms with Gasteiger partial charge in [-0.25, -0.2) is 9.82 Å². The number of hydrogen-bond acceptors (Lipinski definition) is 4. The van der Waals surface area contributed by atoms with Crippen molar-refractivity contribution in [1.82, 2.24) is 5.43 Å². The summed E-state index contributed by atoms with van der Waals surface area (Å²) in [5.41, 5.74) is 6.54. The van der Waals surface area contributed by atoms with E-state index in [9.17, 15) is 9.18 Å². The molecule has 0 aromatic heterocycles. The molecule has 0 radical (unpaired) electrons. The Morgan fingerprint density at radius 2 is 1.62 bits per heavy atom. The third-order valence-electron chi connectivity index (χ3n) is 4.62. The molecule has 5 nitrogen and oxygen atoms in total. The number of benzene rings is 3. The first kappa shape index (κ1) is 23.9. The third-order valence-corrected chi connectivity index (χ3v) is 5.80. The van der Waals surface area contributed by atoms with Crippen molar-refractivity contribution >= 4 is 44.0 Å². The fourth-order valence-electron chi connectivity index (χ4n) is 3.14. The number of methoxy groups -OCH3 is 1. The van der Waals surface area contributed by atoms with Crippen LogP contribution in [0.1, 0.15) is 32.6 Å². The van der Waals surface area contributed by atoms with E-state index >= 15 is 0 Å². The molecule has 0 saturated carbocycles. The summed E-state index contributed by atoms with van der Waals surface area (Å²) >= 11 is 6.77. The fourth-order valence-corrected chi connectivity index (χ4v) is 4.65. The quantitative estimate of drug-likeness (QED) is 0.270. The molecule has 0 bridgehead atoms. The van der Waals surface area contributed by atoms with Crippen LogP contribution in [0.15, 0.2) is 62.6 Å². The number of nitrogens with one attached hydrogen (secondary N) is 1. The molecule has 0 aliphatic carbocycles. The van der Waals surface area contributed by atoms with Gasteiger partial charge in [-0.1, -0.05) is 12.1 Å². The van der Waals surface area contributed by atoms with Crippen molar-refractivity contribution in [3.8, 4) is 11.5 Å². The van der Waals surface area contributed by atoms with Gasteiger partial charge in [-0.15, -0.1) is 0 Å². The van der Waals surface area contributed by atoms with Crippen molar-refractivity contribution in [2.75, 3.05) is 7.11 Å². The summed E-state index contributed by atoms with van der Waals surface area (Å²) in [4.78, 5) is 12.4. The largest absolute Gasteiger partial charge is 0.494 e. The predicted molar refractivity (Wildman–Crippen MR) is 130 cm³/mol. The van der Waals surface area contributed by atoms with E-state index in [-0.39, 0.29) is 11.7 Å². The zero-order valence-corrected chi connectivity index (χ0v) is 20.9. The van der Waals surface area contributed by atoms with Crippen LogP contribution in [0, 0.1) is 19.7 Å². The first-order valence-electron chi connectivity index (χ1n) is 9.63. The zero-order chi connectivity index (χ0) is 23.3. The van der Waals surface area contributed by atoms with Crippen molar-refractivity contribution < 1.29 is 18.7 Å². The van der Waals surface area contributed by atoms with Gasteiger partial charge in [0.1, 0.15) is 23.9 Å². The van der Waals surface area contributed by atoms with E-state index in [1.165, 1.54) is 12.1 Å². The molecule has 3 rings (SSSR count). The standard InChI is InChI=1S/C24H21Br2FN2O3/c1-14-8-17(9-15(2)22(14)32-13-16-4-6-19(27)7-5-16)12-28-29-24(30)18-10-20(25)23(31-3)21(26)11-18/h4-12H,13H2,1-3H3,(H,29,30)/b28-12-. The van der Waals surface area contributed by atoms with Crippen molar-refractivity contribution in [3.63, 3.8) is 0 Å². The Hall–Kier alpha value is -2.71. The predicted octanol–water partition coefficient (Wildman–Crippen LogP) is 6.32. The highest BCUT2D eigenvalue weighted by Gasteiger charge is 2.12. The van der Waals surface area contributed by atoms with E-state index < -0.39 is 0 Å². The lowest BCUT2D eigenvalue weighted by atomic mass is 10.1. The Labute approximate surface area is 202 Å². The van der Waals surface area contributed by atoms with Gasteiger partial charge in [0.25, 0.3) is 5.91 Å². The van der Waals surface area contributed by atoms with Gasteiger partial charge in [0, 0.05) is 5.56 Å². The van der Waals surface area contributed by atoms with Crippen LogP contribution in [-0.4, -0.2) is 19.2 Å². The van der Waals surface area contributed by atoms with Crippen molar-refractivity contribution in [3.05, 3.63) is 91.1 Å². The second-order valence-corrected chi connectivity index (χ2v) is 8.78. The van der Waals surface area contributed by atoms with Gasteiger partial charge in [0.05, 0.1) is 22.3 Å². The van der Waals surface area contributed by atoms with Gasteiger partial charge in [-0.2, -0.15) is 5.10 Å². The average Bonchev–Trinajstić information content (AvgIpc) is 2.74. The Morgan fingerprint density at radius 3 is 2.19 bits per heavy atom. The van der Waals surface area contributed by atoms with Crippen LogP contribution in [0.25, 0.3) is 0 Å². The van der Waals surface area contributed by atoms with Crippen molar-refractivity contribution in [2.45, 2.75) is 20.5 Å². The van der Waals surface area contributed by atoms with Gasteiger partial charge in [0.15, 0.2) is 0 Å². The molecule has 32 heavy (non-hydrogen) atoms. The summed E-state index contributed by atoms with van der Waals surface area (Å²) < 4.78 is 25.5. The number of rotatable bonds is 7. The molecule has 0 heterocycles. The summed E-state index contributed by atoms with van der Waals surface area (Å²) in [5, 5.41) is 4.07. The highest BCUT2D eigenvalue weighted by Crippen LogP contribution is 2.34. The molecule has 0 aliphatic heterocycles. The first-order chi connectivity index (χ1) is 15.3. The molecule has 8 heteroatoms. The summed E-state index contributed by atoms with van der Waals surface area (Å²) in [6.45, 7) is 4.23. The van der Waals surface area contributed by atoms with E-state index in [1.54, 1.807) is 37.6 Å². The molecule has 3 aromatic rings. The second-order valence-electron chi connectivity index (χ2n) is 7.07. The van der Waals surface area contributed by atoms with Gasteiger partial charge < -0.3 is 9.47 Å². The molecule has 1 N–H and O–H groups in total. The second kappa shape index (κ2) is 10.7. The van der Waals surface area contributed by atoms with E-state index in [0.29, 0.717) is 26.9 Å². The number of halogens is 3. The van der Waals surface area contributed by atoms with E-state index in [1.807, 2.05) is 26.0 Å². The number of carbonyl (C=O) groups is 1. The minimum absolute atomic E-state index is 0.274. The minimum atomic E-state index is -0.349. The van der Waals surface area contributed by atoms with Gasteiger partial charge in [0.2, 0.25) is 0 Å².